The first-order valence-electron chi connectivity index (χ1n) is 19.9. The minimum absolute atomic E-state index is 0. The molecule has 1 aliphatic carbocycles. The first kappa shape index (κ1) is 43.0. The van der Waals surface area contributed by atoms with E-state index < -0.39 is 17.9 Å². The minimum atomic E-state index is -1.07. The van der Waals surface area contributed by atoms with Gasteiger partial charge in [0.25, 0.3) is 0 Å². The number of nitrogens with zero attached hydrogens (tertiary/aromatic N) is 4. The Morgan fingerprint density at radius 2 is 1.70 bits per heavy atom. The van der Waals surface area contributed by atoms with Gasteiger partial charge in [-0.3, -0.25) is 9.59 Å². The zero-order valence-corrected chi connectivity index (χ0v) is 36.1. The fraction of sp³-hybridized carbons (Fsp3) is 0.478. The van der Waals surface area contributed by atoms with E-state index in [2.05, 4.69) is 48.1 Å². The van der Waals surface area contributed by atoms with Gasteiger partial charge < -0.3 is 34.8 Å². The summed E-state index contributed by atoms with van der Waals surface area (Å²) in [5.74, 6) is -1.62. The number of allylic oxidation sites excluding steroid dienone is 2. The SMILES string of the molecule is C=Cc1c2[n-]c(c1C)/C=C1\[N-]C(C3=c4[n-]c(c(C)c4=C(O)[C@@H]3C(=O)OC)/C=c3\[n-]/c(c(C)c3CC)=C\2)[C@@H](CCC(=O)OC/C=C(/C)CCC[C@@H](C)CC)[C@@H]1C.[Mg+2]. The number of carbonyl (C=O) groups excluding carboxylic acids is 2. The van der Waals surface area contributed by atoms with E-state index in [4.69, 9.17) is 29.7 Å². The number of aromatic nitrogens is 3. The van der Waals surface area contributed by atoms with E-state index in [1.54, 1.807) is 0 Å². The molecule has 3 aliphatic rings. The number of hydrogen-bond donors (Lipinski definition) is 1. The number of ether oxygens (including phenoxy) is 2. The van der Waals surface area contributed by atoms with Crippen molar-refractivity contribution >= 4 is 70.6 Å². The van der Waals surface area contributed by atoms with Gasteiger partial charge in [0.1, 0.15) is 18.3 Å². The summed E-state index contributed by atoms with van der Waals surface area (Å²) in [6.45, 7) is 21.2. The molecule has 9 nitrogen and oxygen atoms in total. The molecule has 1 fully saturated rings. The van der Waals surface area contributed by atoms with E-state index in [-0.39, 0.29) is 59.6 Å². The van der Waals surface area contributed by atoms with Crippen LogP contribution in [0, 0.1) is 44.4 Å². The molecular weight excluding hydrogens is 713 g/mol. The average Bonchev–Trinajstić information content (AvgIpc) is 3.90. The molecule has 8 bridgehead atoms. The smallest absolute Gasteiger partial charge is 0.681 e. The number of methoxy groups -OCH3 is 1. The van der Waals surface area contributed by atoms with Crippen molar-refractivity contribution in [2.45, 2.75) is 106 Å². The second-order valence-corrected chi connectivity index (χ2v) is 15.7. The Morgan fingerprint density at radius 1 is 0.982 bits per heavy atom. The molecule has 2 aliphatic heterocycles. The molecule has 294 valence electrons. The summed E-state index contributed by atoms with van der Waals surface area (Å²) >= 11 is 0. The summed E-state index contributed by atoms with van der Waals surface area (Å²) in [6.07, 6.45) is 15.8. The fourth-order valence-corrected chi connectivity index (χ4v) is 8.58. The molecular formula is C46H56MgN4O5-2. The Kier molecular flexibility index (Phi) is 13.8. The van der Waals surface area contributed by atoms with E-state index in [9.17, 15) is 14.7 Å². The van der Waals surface area contributed by atoms with Gasteiger partial charge in [-0.1, -0.05) is 111 Å². The van der Waals surface area contributed by atoms with Crippen LogP contribution in [0.4, 0.5) is 0 Å². The van der Waals surface area contributed by atoms with Gasteiger partial charge in [0.2, 0.25) is 0 Å². The van der Waals surface area contributed by atoms with Crippen molar-refractivity contribution in [3.63, 3.8) is 0 Å². The summed E-state index contributed by atoms with van der Waals surface area (Å²) in [4.78, 5) is 42.1. The molecule has 5 atom stereocenters. The van der Waals surface area contributed by atoms with Crippen molar-refractivity contribution in [3.8, 4) is 0 Å². The van der Waals surface area contributed by atoms with Crippen molar-refractivity contribution in [3.05, 3.63) is 95.4 Å². The van der Waals surface area contributed by atoms with Gasteiger partial charge in [0, 0.05) is 11.6 Å². The first-order valence-corrected chi connectivity index (χ1v) is 19.9. The minimum Gasteiger partial charge on any atom is -0.681 e. The van der Waals surface area contributed by atoms with Gasteiger partial charge >= 0.3 is 35.0 Å². The van der Waals surface area contributed by atoms with Crippen molar-refractivity contribution in [2.75, 3.05) is 13.7 Å². The summed E-state index contributed by atoms with van der Waals surface area (Å²) < 4.78 is 11.0. The molecule has 5 heterocycles. The topological polar surface area (TPSA) is 129 Å². The molecule has 0 radical (unpaired) electrons. The Bertz CT molecular complexity index is 2320. The van der Waals surface area contributed by atoms with Crippen molar-refractivity contribution in [1.29, 1.82) is 0 Å². The first-order chi connectivity index (χ1) is 26.3. The standard InChI is InChI=1S/C46H56N4O5.Mg/c1-11-24(4)15-14-16-25(5)19-20-55-39(51)18-17-32-28(8)35-21-33-26(6)30(12-2)37(47-33)22-34-27(7)31(13-3)38(48-34)23-36-29(9)40-44(50-36)41(43(32)49-35)42(45(40)52)46(53)54-10;/h12,19,21-24,28,32,42-43,52H,2,11,13-18,20H2,1,3-10H3;/q-4;+2/b25-19-,34-22-,35-21-,38-23-;/t24-,28-,32-,42+,43?;/m0./s1. The van der Waals surface area contributed by atoms with Gasteiger partial charge in [-0.15, -0.1) is 33.1 Å². The molecule has 3 aromatic heterocycles. The van der Waals surface area contributed by atoms with Crippen molar-refractivity contribution in [1.82, 2.24) is 15.0 Å². The fourth-order valence-electron chi connectivity index (χ4n) is 8.58. The third-order valence-corrected chi connectivity index (χ3v) is 12.3. The van der Waals surface area contributed by atoms with Crippen LogP contribution in [0.3, 0.4) is 0 Å². The number of carbonyl (C=O) groups is 2. The second-order valence-electron chi connectivity index (χ2n) is 15.7. The molecule has 1 N–H and O–H groups in total. The van der Waals surface area contributed by atoms with Gasteiger partial charge in [-0.2, -0.15) is 5.70 Å². The van der Waals surface area contributed by atoms with Crippen molar-refractivity contribution in [2.24, 2.45) is 23.7 Å². The van der Waals surface area contributed by atoms with Crippen LogP contribution < -0.4 is 36.2 Å². The van der Waals surface area contributed by atoms with E-state index in [1.165, 1.54) is 25.5 Å². The third kappa shape index (κ3) is 8.14. The van der Waals surface area contributed by atoms with Crippen LogP contribution >= 0.6 is 0 Å². The quantitative estimate of drug-likeness (QED) is 0.139. The van der Waals surface area contributed by atoms with Crippen LogP contribution in [-0.4, -0.2) is 59.9 Å². The van der Waals surface area contributed by atoms with Gasteiger partial charge in [0.15, 0.2) is 0 Å². The zero-order valence-electron chi connectivity index (χ0n) is 34.7. The van der Waals surface area contributed by atoms with E-state index >= 15 is 0 Å². The monoisotopic (exact) mass is 768 g/mol. The molecule has 0 spiro atoms. The summed E-state index contributed by atoms with van der Waals surface area (Å²) in [5.41, 5.74) is 9.69. The Balaban J connectivity index is 0.00000600. The molecule has 1 unspecified atom stereocenters. The largest absolute Gasteiger partial charge is 2.00 e. The summed E-state index contributed by atoms with van der Waals surface area (Å²) in [5, 5.41) is 19.9. The third-order valence-electron chi connectivity index (χ3n) is 12.3. The Hall–Kier alpha value is -4.15. The average molecular weight is 769 g/mol. The van der Waals surface area contributed by atoms with Gasteiger partial charge in [-0.25, -0.2) is 0 Å². The van der Waals surface area contributed by atoms with Crippen LogP contribution in [0.15, 0.2) is 23.9 Å². The number of fused-ring (bicyclic) bond motifs is 8. The second kappa shape index (κ2) is 18.0. The van der Waals surface area contributed by atoms with Crippen LogP contribution in [-0.2, 0) is 25.5 Å². The maximum atomic E-state index is 13.5. The van der Waals surface area contributed by atoms with Crippen LogP contribution in [0.2, 0.25) is 0 Å². The van der Waals surface area contributed by atoms with Crippen LogP contribution in [0.25, 0.3) is 41.0 Å². The number of hydrogen-bond acceptors (Lipinski definition) is 5. The predicted molar refractivity (Wildman–Crippen MR) is 224 cm³/mol. The van der Waals surface area contributed by atoms with Crippen LogP contribution in [0.1, 0.15) is 118 Å². The molecule has 6 rings (SSSR count). The van der Waals surface area contributed by atoms with Crippen LogP contribution in [0.5, 0.6) is 0 Å². The molecule has 3 aromatic rings. The number of aliphatic hydroxyl groups excluding tert-OH is 1. The predicted octanol–water partition coefficient (Wildman–Crippen LogP) is 5.43. The maximum Gasteiger partial charge on any atom is 2.00 e. The number of esters is 2. The molecule has 56 heavy (non-hydrogen) atoms. The normalized spacial score (nSPS) is 22.5. The van der Waals surface area contributed by atoms with E-state index in [0.717, 1.165) is 74.9 Å². The Morgan fingerprint density at radius 3 is 2.38 bits per heavy atom. The molecule has 0 aromatic carbocycles. The van der Waals surface area contributed by atoms with Gasteiger partial charge in [0.05, 0.1) is 7.11 Å². The summed E-state index contributed by atoms with van der Waals surface area (Å²) in [7, 11) is 1.33. The molecule has 0 amide bonds. The van der Waals surface area contributed by atoms with Gasteiger partial charge in [-0.05, 0) is 82.8 Å². The molecule has 10 heteroatoms. The number of rotatable bonds is 13. The zero-order chi connectivity index (χ0) is 39.7. The number of aliphatic hydroxyl groups is 1. The van der Waals surface area contributed by atoms with Crippen molar-refractivity contribution < 1.29 is 24.2 Å². The molecule has 1 saturated heterocycles. The maximum absolute atomic E-state index is 13.5. The Labute approximate surface area is 347 Å². The van der Waals surface area contributed by atoms with E-state index in [1.807, 2.05) is 44.2 Å². The van der Waals surface area contributed by atoms with E-state index in [0.29, 0.717) is 34.2 Å². The molecule has 0 saturated carbocycles. The summed E-state index contributed by atoms with van der Waals surface area (Å²) in [6, 6.07) is -0.568.